The molecule has 0 aromatic heterocycles. The average Bonchev–Trinajstić information content (AvgIpc) is 2.39. The molecule has 3 nitrogen and oxygen atoms in total. The summed E-state index contributed by atoms with van der Waals surface area (Å²) < 4.78 is 5.70. The number of likely N-dealkylation sites (N-methyl/N-ethyl adjacent to an activating group) is 1. The molecule has 0 saturated heterocycles. The Labute approximate surface area is 104 Å². The summed E-state index contributed by atoms with van der Waals surface area (Å²) >= 11 is 0. The van der Waals surface area contributed by atoms with Crippen LogP contribution in [0.5, 0.6) is 5.75 Å². The number of rotatable bonds is 7. The van der Waals surface area contributed by atoms with Crippen molar-refractivity contribution in [3.63, 3.8) is 0 Å². The number of hydrogen-bond donors (Lipinski definition) is 2. The molecule has 0 amide bonds. The van der Waals surface area contributed by atoms with E-state index in [2.05, 4.69) is 24.4 Å². The van der Waals surface area contributed by atoms with Crippen molar-refractivity contribution in [2.75, 3.05) is 20.3 Å². The first-order valence-corrected chi connectivity index (χ1v) is 6.15. The minimum atomic E-state index is -0.262. The van der Waals surface area contributed by atoms with Crippen molar-refractivity contribution < 1.29 is 9.84 Å². The van der Waals surface area contributed by atoms with Crippen LogP contribution in [0.2, 0.25) is 0 Å². The maximum absolute atomic E-state index is 9.25. The number of aryl methyl sites for hydroxylation is 1. The summed E-state index contributed by atoms with van der Waals surface area (Å²) in [6, 6.07) is 8.14. The topological polar surface area (TPSA) is 41.5 Å². The van der Waals surface area contributed by atoms with Crippen molar-refractivity contribution in [1.82, 2.24) is 5.32 Å². The highest BCUT2D eigenvalue weighted by atomic mass is 16.5. The number of ether oxygens (including phenoxy) is 1. The van der Waals surface area contributed by atoms with Crippen LogP contribution in [0.3, 0.4) is 0 Å². The van der Waals surface area contributed by atoms with E-state index in [0.717, 1.165) is 18.6 Å². The van der Waals surface area contributed by atoms with Crippen LogP contribution in [0.15, 0.2) is 24.3 Å². The standard InChI is InChI=1S/C14H23NO2/c1-4-12-6-5-7-13(10-12)17-9-8-14(2,11-16)15-3/h5-7,10,15-16H,4,8-9,11H2,1-3H3. The van der Waals surface area contributed by atoms with E-state index < -0.39 is 0 Å². The van der Waals surface area contributed by atoms with Crippen LogP contribution in [0.4, 0.5) is 0 Å². The molecule has 3 heteroatoms. The molecule has 0 radical (unpaired) electrons. The smallest absolute Gasteiger partial charge is 0.119 e. The first kappa shape index (κ1) is 14.0. The van der Waals surface area contributed by atoms with E-state index in [-0.39, 0.29) is 12.1 Å². The molecule has 1 rings (SSSR count). The molecule has 1 aromatic rings. The Morgan fingerprint density at radius 2 is 2.18 bits per heavy atom. The van der Waals surface area contributed by atoms with E-state index in [9.17, 15) is 5.11 Å². The normalized spacial score (nSPS) is 14.4. The van der Waals surface area contributed by atoms with Crippen molar-refractivity contribution in [2.45, 2.75) is 32.2 Å². The SMILES string of the molecule is CCc1cccc(OCCC(C)(CO)NC)c1. The first-order chi connectivity index (χ1) is 8.13. The van der Waals surface area contributed by atoms with E-state index in [4.69, 9.17) is 4.74 Å². The Morgan fingerprint density at radius 3 is 2.76 bits per heavy atom. The van der Waals surface area contributed by atoms with E-state index in [1.165, 1.54) is 5.56 Å². The lowest BCUT2D eigenvalue weighted by Crippen LogP contribution is -2.44. The van der Waals surface area contributed by atoms with E-state index in [1.54, 1.807) is 0 Å². The minimum Gasteiger partial charge on any atom is -0.494 e. The molecular formula is C14H23NO2. The zero-order chi connectivity index (χ0) is 12.7. The fourth-order valence-corrected chi connectivity index (χ4v) is 1.53. The van der Waals surface area contributed by atoms with Gasteiger partial charge in [-0.3, -0.25) is 0 Å². The summed E-state index contributed by atoms with van der Waals surface area (Å²) in [7, 11) is 1.86. The van der Waals surface area contributed by atoms with Gasteiger partial charge in [0.25, 0.3) is 0 Å². The second-order valence-electron chi connectivity index (χ2n) is 4.57. The van der Waals surface area contributed by atoms with Crippen LogP contribution < -0.4 is 10.1 Å². The predicted octanol–water partition coefficient (Wildman–Crippen LogP) is 1.99. The molecule has 0 aliphatic carbocycles. The lowest BCUT2D eigenvalue weighted by atomic mass is 10.0. The molecule has 1 aromatic carbocycles. The summed E-state index contributed by atoms with van der Waals surface area (Å²) in [6.45, 7) is 4.83. The Kier molecular flexibility index (Phi) is 5.45. The molecule has 1 atom stereocenters. The zero-order valence-corrected chi connectivity index (χ0v) is 11.0. The van der Waals surface area contributed by atoms with Crippen LogP contribution in [0.25, 0.3) is 0 Å². The summed E-state index contributed by atoms with van der Waals surface area (Å²) in [5, 5.41) is 12.4. The quantitative estimate of drug-likeness (QED) is 0.762. The van der Waals surface area contributed by atoms with Gasteiger partial charge in [0.2, 0.25) is 0 Å². The van der Waals surface area contributed by atoms with Gasteiger partial charge in [-0.2, -0.15) is 0 Å². The lowest BCUT2D eigenvalue weighted by molar-refractivity contribution is 0.151. The van der Waals surface area contributed by atoms with Crippen molar-refractivity contribution in [3.05, 3.63) is 29.8 Å². The number of nitrogens with one attached hydrogen (secondary N) is 1. The van der Waals surface area contributed by atoms with Gasteiger partial charge >= 0.3 is 0 Å². The van der Waals surface area contributed by atoms with Crippen molar-refractivity contribution in [3.8, 4) is 5.75 Å². The van der Waals surface area contributed by atoms with Gasteiger partial charge in [0.1, 0.15) is 5.75 Å². The maximum Gasteiger partial charge on any atom is 0.119 e. The fourth-order valence-electron chi connectivity index (χ4n) is 1.53. The second kappa shape index (κ2) is 6.62. The van der Waals surface area contributed by atoms with Gasteiger partial charge in [0, 0.05) is 12.0 Å². The molecule has 1 unspecified atom stereocenters. The summed E-state index contributed by atoms with van der Waals surface area (Å²) in [6.07, 6.45) is 1.79. The number of benzene rings is 1. The third-order valence-corrected chi connectivity index (χ3v) is 3.18. The predicted molar refractivity (Wildman–Crippen MR) is 70.5 cm³/mol. The van der Waals surface area contributed by atoms with E-state index in [1.807, 2.05) is 26.1 Å². The highest BCUT2D eigenvalue weighted by Crippen LogP contribution is 2.15. The minimum absolute atomic E-state index is 0.113. The van der Waals surface area contributed by atoms with Gasteiger partial charge in [-0.15, -0.1) is 0 Å². The number of aliphatic hydroxyl groups excluding tert-OH is 1. The van der Waals surface area contributed by atoms with Crippen molar-refractivity contribution in [2.24, 2.45) is 0 Å². The fraction of sp³-hybridized carbons (Fsp3) is 0.571. The molecule has 0 fully saturated rings. The van der Waals surface area contributed by atoms with Crippen molar-refractivity contribution in [1.29, 1.82) is 0 Å². The van der Waals surface area contributed by atoms with E-state index >= 15 is 0 Å². The van der Waals surface area contributed by atoms with Crippen LogP contribution in [-0.4, -0.2) is 30.9 Å². The van der Waals surface area contributed by atoms with Gasteiger partial charge in [0.15, 0.2) is 0 Å². The van der Waals surface area contributed by atoms with Gasteiger partial charge < -0.3 is 15.2 Å². The molecular weight excluding hydrogens is 214 g/mol. The summed E-state index contributed by atoms with van der Waals surface area (Å²) in [5.74, 6) is 0.903. The van der Waals surface area contributed by atoms with Crippen LogP contribution >= 0.6 is 0 Å². The van der Waals surface area contributed by atoms with Gasteiger partial charge in [-0.1, -0.05) is 19.1 Å². The molecule has 0 aliphatic heterocycles. The monoisotopic (exact) mass is 237 g/mol. The highest BCUT2D eigenvalue weighted by molar-refractivity contribution is 5.28. The Bertz CT molecular complexity index is 335. The largest absolute Gasteiger partial charge is 0.494 e. The summed E-state index contributed by atoms with van der Waals surface area (Å²) in [5.41, 5.74) is 1.02. The van der Waals surface area contributed by atoms with Crippen LogP contribution in [-0.2, 0) is 6.42 Å². The number of hydrogen-bond acceptors (Lipinski definition) is 3. The average molecular weight is 237 g/mol. The maximum atomic E-state index is 9.25. The van der Waals surface area contributed by atoms with Gasteiger partial charge in [-0.05, 0) is 38.1 Å². The highest BCUT2D eigenvalue weighted by Gasteiger charge is 2.20. The lowest BCUT2D eigenvalue weighted by Gasteiger charge is -2.26. The molecule has 0 aliphatic rings. The Hall–Kier alpha value is -1.06. The third kappa shape index (κ3) is 4.36. The second-order valence-corrected chi connectivity index (χ2v) is 4.57. The Morgan fingerprint density at radius 1 is 1.41 bits per heavy atom. The molecule has 17 heavy (non-hydrogen) atoms. The third-order valence-electron chi connectivity index (χ3n) is 3.18. The van der Waals surface area contributed by atoms with Crippen LogP contribution in [0, 0.1) is 0 Å². The van der Waals surface area contributed by atoms with Crippen molar-refractivity contribution >= 4 is 0 Å². The number of aliphatic hydroxyl groups is 1. The summed E-state index contributed by atoms with van der Waals surface area (Å²) in [4.78, 5) is 0. The van der Waals surface area contributed by atoms with Gasteiger partial charge in [0.05, 0.1) is 13.2 Å². The molecule has 0 saturated carbocycles. The van der Waals surface area contributed by atoms with E-state index in [0.29, 0.717) is 6.61 Å². The first-order valence-electron chi connectivity index (χ1n) is 6.15. The molecule has 0 spiro atoms. The zero-order valence-electron chi connectivity index (χ0n) is 11.0. The molecule has 96 valence electrons. The van der Waals surface area contributed by atoms with Gasteiger partial charge in [-0.25, -0.2) is 0 Å². The molecule has 0 bridgehead atoms. The van der Waals surface area contributed by atoms with Crippen LogP contribution in [0.1, 0.15) is 25.8 Å². The molecule has 2 N–H and O–H groups in total. The Balaban J connectivity index is 2.45. The molecule has 0 heterocycles.